The average Bonchev–Trinajstić information content (AvgIpc) is 2.89. The molecule has 0 atom stereocenters. The lowest BCUT2D eigenvalue weighted by Crippen LogP contribution is -1.96. The summed E-state index contributed by atoms with van der Waals surface area (Å²) in [4.78, 5) is 12.1. The van der Waals surface area contributed by atoms with Gasteiger partial charge in [0.1, 0.15) is 5.75 Å². The Hall–Kier alpha value is -2.96. The molecule has 0 amide bonds. The number of nitrogens with two attached hydrogens (primary N) is 1. The molecule has 0 saturated carbocycles. The van der Waals surface area contributed by atoms with Crippen molar-refractivity contribution in [1.29, 1.82) is 0 Å². The van der Waals surface area contributed by atoms with Crippen molar-refractivity contribution in [3.05, 3.63) is 36.7 Å². The van der Waals surface area contributed by atoms with Crippen molar-refractivity contribution >= 4 is 5.82 Å². The molecule has 19 heavy (non-hydrogen) atoms. The van der Waals surface area contributed by atoms with Gasteiger partial charge in [-0.2, -0.15) is 4.98 Å². The maximum Gasteiger partial charge on any atom is 0.280 e. The van der Waals surface area contributed by atoms with Crippen LogP contribution < -0.4 is 5.73 Å². The molecule has 2 aromatic heterocycles. The van der Waals surface area contributed by atoms with Crippen LogP contribution in [-0.4, -0.2) is 25.2 Å². The van der Waals surface area contributed by atoms with E-state index in [1.807, 2.05) is 0 Å². The zero-order chi connectivity index (χ0) is 13.2. The second kappa shape index (κ2) is 4.37. The Kier molecular flexibility index (Phi) is 2.57. The summed E-state index contributed by atoms with van der Waals surface area (Å²) in [6.45, 7) is 0. The van der Waals surface area contributed by atoms with Gasteiger partial charge in [0.15, 0.2) is 11.5 Å². The van der Waals surface area contributed by atoms with E-state index in [2.05, 4.69) is 20.1 Å². The molecule has 0 radical (unpaired) electrons. The summed E-state index contributed by atoms with van der Waals surface area (Å²) in [5, 5.41) is 13.1. The third-order valence-electron chi connectivity index (χ3n) is 2.48. The highest BCUT2D eigenvalue weighted by atomic mass is 16.5. The fraction of sp³-hybridized carbons (Fsp3) is 0. The van der Waals surface area contributed by atoms with Gasteiger partial charge in [-0.25, -0.2) is 9.97 Å². The average molecular weight is 255 g/mol. The molecule has 0 aliphatic heterocycles. The Morgan fingerprint density at radius 3 is 2.53 bits per heavy atom. The van der Waals surface area contributed by atoms with Gasteiger partial charge in [0.05, 0.1) is 0 Å². The maximum absolute atomic E-state index is 9.22. The molecule has 3 aromatic rings. The molecule has 0 aliphatic carbocycles. The van der Waals surface area contributed by atoms with Crippen LogP contribution in [0.15, 0.2) is 41.2 Å². The highest BCUT2D eigenvalue weighted by Gasteiger charge is 2.14. The van der Waals surface area contributed by atoms with Gasteiger partial charge < -0.3 is 15.4 Å². The molecule has 3 N–H and O–H groups in total. The van der Waals surface area contributed by atoms with E-state index in [1.54, 1.807) is 24.3 Å². The molecule has 7 heteroatoms. The summed E-state index contributed by atoms with van der Waals surface area (Å²) in [5.74, 6) is 0.989. The van der Waals surface area contributed by atoms with Crippen LogP contribution in [0.3, 0.4) is 0 Å². The zero-order valence-corrected chi connectivity index (χ0v) is 9.69. The molecule has 0 spiro atoms. The van der Waals surface area contributed by atoms with E-state index in [0.717, 1.165) is 5.56 Å². The molecule has 0 bridgehead atoms. The lowest BCUT2D eigenvalue weighted by molar-refractivity contribution is 0.431. The van der Waals surface area contributed by atoms with Crippen LogP contribution in [0.25, 0.3) is 23.0 Å². The molecule has 1 aromatic carbocycles. The number of aromatic hydroxyl groups is 1. The van der Waals surface area contributed by atoms with Gasteiger partial charge in [0.2, 0.25) is 5.82 Å². The van der Waals surface area contributed by atoms with E-state index >= 15 is 0 Å². The Balaban J connectivity index is 2.00. The molecule has 0 unspecified atom stereocenters. The normalized spacial score (nSPS) is 10.5. The first kappa shape index (κ1) is 11.1. The van der Waals surface area contributed by atoms with E-state index in [0.29, 0.717) is 11.5 Å². The number of phenolic OH excluding ortho intramolecular Hbond substituents is 1. The molecular weight excluding hydrogens is 246 g/mol. The van der Waals surface area contributed by atoms with Crippen molar-refractivity contribution in [3.8, 4) is 28.7 Å². The summed E-state index contributed by atoms with van der Waals surface area (Å²) in [7, 11) is 0. The van der Waals surface area contributed by atoms with Crippen molar-refractivity contribution in [1.82, 2.24) is 20.1 Å². The number of phenols is 1. The molecule has 0 fully saturated rings. The van der Waals surface area contributed by atoms with Gasteiger partial charge in [0.25, 0.3) is 5.89 Å². The van der Waals surface area contributed by atoms with E-state index in [1.165, 1.54) is 12.4 Å². The van der Waals surface area contributed by atoms with E-state index < -0.39 is 0 Å². The number of benzene rings is 1. The number of hydrogen-bond acceptors (Lipinski definition) is 7. The fourth-order valence-corrected chi connectivity index (χ4v) is 1.56. The number of nitrogen functional groups attached to an aromatic ring is 1. The van der Waals surface area contributed by atoms with Crippen LogP contribution in [0, 0.1) is 0 Å². The van der Waals surface area contributed by atoms with Crippen LogP contribution in [-0.2, 0) is 0 Å². The SMILES string of the molecule is Nc1nccnc1-c1nc(-c2ccc(O)cc2)no1. The molecular formula is C12H9N5O2. The van der Waals surface area contributed by atoms with Gasteiger partial charge in [0, 0.05) is 18.0 Å². The molecule has 3 rings (SSSR count). The summed E-state index contributed by atoms with van der Waals surface area (Å²) in [6, 6.07) is 6.46. The second-order valence-corrected chi connectivity index (χ2v) is 3.76. The topological polar surface area (TPSA) is 111 Å². The van der Waals surface area contributed by atoms with Gasteiger partial charge >= 0.3 is 0 Å². The van der Waals surface area contributed by atoms with Crippen molar-refractivity contribution in [2.45, 2.75) is 0 Å². The Morgan fingerprint density at radius 1 is 1.05 bits per heavy atom. The largest absolute Gasteiger partial charge is 0.508 e. The van der Waals surface area contributed by atoms with Crippen LogP contribution in [0.2, 0.25) is 0 Å². The van der Waals surface area contributed by atoms with Crippen LogP contribution >= 0.6 is 0 Å². The van der Waals surface area contributed by atoms with E-state index in [4.69, 9.17) is 10.3 Å². The lowest BCUT2D eigenvalue weighted by Gasteiger charge is -1.96. The Morgan fingerprint density at radius 2 is 1.79 bits per heavy atom. The van der Waals surface area contributed by atoms with Crippen molar-refractivity contribution in [2.75, 3.05) is 5.73 Å². The van der Waals surface area contributed by atoms with Gasteiger partial charge in [-0.15, -0.1) is 0 Å². The Labute approximate surface area is 107 Å². The minimum absolute atomic E-state index is 0.172. The molecule has 94 valence electrons. The minimum atomic E-state index is 0.172. The number of nitrogens with zero attached hydrogens (tertiary/aromatic N) is 4. The molecule has 2 heterocycles. The van der Waals surface area contributed by atoms with Gasteiger partial charge in [-0.3, -0.25) is 0 Å². The highest BCUT2D eigenvalue weighted by Crippen LogP contribution is 2.24. The van der Waals surface area contributed by atoms with Gasteiger partial charge in [-0.1, -0.05) is 5.16 Å². The summed E-state index contributed by atoms with van der Waals surface area (Å²) >= 11 is 0. The quantitative estimate of drug-likeness (QED) is 0.713. The van der Waals surface area contributed by atoms with Crippen molar-refractivity contribution < 1.29 is 9.63 Å². The predicted molar refractivity (Wildman–Crippen MR) is 66.8 cm³/mol. The van der Waals surface area contributed by atoms with Crippen molar-refractivity contribution in [2.24, 2.45) is 0 Å². The monoisotopic (exact) mass is 255 g/mol. The standard InChI is InChI=1S/C12H9N5O2/c13-10-9(14-5-6-15-10)12-16-11(17-19-12)7-1-3-8(18)4-2-7/h1-6,18H,(H2,13,15). The number of rotatable bonds is 2. The molecule has 7 nitrogen and oxygen atoms in total. The van der Waals surface area contributed by atoms with Gasteiger partial charge in [-0.05, 0) is 24.3 Å². The smallest absolute Gasteiger partial charge is 0.280 e. The number of aromatic nitrogens is 4. The first-order chi connectivity index (χ1) is 9.24. The number of hydrogen-bond donors (Lipinski definition) is 2. The first-order valence-corrected chi connectivity index (χ1v) is 5.44. The zero-order valence-electron chi connectivity index (χ0n) is 9.69. The van der Waals surface area contributed by atoms with Crippen molar-refractivity contribution in [3.63, 3.8) is 0 Å². The third-order valence-corrected chi connectivity index (χ3v) is 2.48. The summed E-state index contributed by atoms with van der Waals surface area (Å²) < 4.78 is 5.11. The lowest BCUT2D eigenvalue weighted by atomic mass is 10.2. The maximum atomic E-state index is 9.22. The van der Waals surface area contributed by atoms with E-state index in [9.17, 15) is 5.11 Å². The predicted octanol–water partition coefficient (Wildman–Crippen LogP) is 1.48. The molecule has 0 aliphatic rings. The van der Waals surface area contributed by atoms with Crippen LogP contribution in [0.4, 0.5) is 5.82 Å². The minimum Gasteiger partial charge on any atom is -0.508 e. The third kappa shape index (κ3) is 2.08. The number of anilines is 1. The fourth-order valence-electron chi connectivity index (χ4n) is 1.56. The summed E-state index contributed by atoms with van der Waals surface area (Å²) in [5.41, 5.74) is 6.75. The molecule has 0 saturated heterocycles. The van der Waals surface area contributed by atoms with Crippen LogP contribution in [0.5, 0.6) is 5.75 Å². The van der Waals surface area contributed by atoms with Crippen LogP contribution in [0.1, 0.15) is 0 Å². The second-order valence-electron chi connectivity index (χ2n) is 3.76. The Bertz CT molecular complexity index is 708. The highest BCUT2D eigenvalue weighted by molar-refractivity contribution is 5.64. The van der Waals surface area contributed by atoms with E-state index in [-0.39, 0.29) is 17.5 Å². The summed E-state index contributed by atoms with van der Waals surface area (Å²) in [6.07, 6.45) is 2.98. The first-order valence-electron chi connectivity index (χ1n) is 5.44.